The smallest absolute Gasteiger partial charge is 0.319 e. The van der Waals surface area contributed by atoms with Gasteiger partial charge in [0.05, 0.1) is 6.04 Å². The zero-order valence-electron chi connectivity index (χ0n) is 14.2. The minimum Gasteiger partial charge on any atom is -0.480 e. The van der Waals surface area contributed by atoms with Crippen molar-refractivity contribution in [2.75, 3.05) is 5.32 Å². The zero-order chi connectivity index (χ0) is 17.9. The number of amides is 2. The Bertz CT molecular complexity index is 661. The number of carboxylic acids is 1. The van der Waals surface area contributed by atoms with Gasteiger partial charge in [0.25, 0.3) is 0 Å². The number of carbonyl (C=O) groups is 3. The summed E-state index contributed by atoms with van der Waals surface area (Å²) in [4.78, 5) is 35.9. The standard InChI is InChI=1S/C19H24N2O4/c22-16-10-9-15(21-16)13-5-7-14(8-6-13)20-17(23)19(18(24)25)11-3-1-2-4-12-19/h5-8,15H,1-4,9-12H2,(H,20,23)(H,21,22)(H,24,25). The summed E-state index contributed by atoms with van der Waals surface area (Å²) >= 11 is 0. The predicted octanol–water partition coefficient (Wildman–Crippen LogP) is 3.00. The molecule has 2 aliphatic rings. The van der Waals surface area contributed by atoms with Gasteiger partial charge in [0.1, 0.15) is 5.41 Å². The van der Waals surface area contributed by atoms with E-state index in [1.165, 1.54) is 0 Å². The van der Waals surface area contributed by atoms with Crippen LogP contribution >= 0.6 is 0 Å². The monoisotopic (exact) mass is 344 g/mol. The van der Waals surface area contributed by atoms with Gasteiger partial charge < -0.3 is 15.7 Å². The molecule has 0 spiro atoms. The first kappa shape index (κ1) is 17.5. The third kappa shape index (κ3) is 3.67. The van der Waals surface area contributed by atoms with Crippen LogP contribution in [0.1, 0.15) is 63.0 Å². The van der Waals surface area contributed by atoms with Crippen LogP contribution in [0.2, 0.25) is 0 Å². The molecule has 1 aromatic carbocycles. The van der Waals surface area contributed by atoms with E-state index in [1.54, 1.807) is 12.1 Å². The van der Waals surface area contributed by atoms with Crippen LogP contribution in [0.5, 0.6) is 0 Å². The molecule has 1 aromatic rings. The van der Waals surface area contributed by atoms with Gasteiger partial charge >= 0.3 is 5.97 Å². The Balaban J connectivity index is 1.71. The molecule has 6 nitrogen and oxygen atoms in total. The molecule has 1 saturated carbocycles. The number of hydrogen-bond acceptors (Lipinski definition) is 3. The summed E-state index contributed by atoms with van der Waals surface area (Å²) in [6.07, 6.45) is 5.56. The number of nitrogens with one attached hydrogen (secondary N) is 2. The average Bonchev–Trinajstić information content (AvgIpc) is 2.87. The molecule has 3 rings (SSSR count). The molecule has 1 unspecified atom stereocenters. The molecule has 0 aromatic heterocycles. The molecular weight excluding hydrogens is 320 g/mol. The lowest BCUT2D eigenvalue weighted by molar-refractivity contribution is -0.155. The van der Waals surface area contributed by atoms with Crippen molar-refractivity contribution in [3.05, 3.63) is 29.8 Å². The summed E-state index contributed by atoms with van der Waals surface area (Å²) in [5.74, 6) is -1.40. The highest BCUT2D eigenvalue weighted by molar-refractivity contribution is 6.08. The lowest BCUT2D eigenvalue weighted by Gasteiger charge is -2.26. The first-order chi connectivity index (χ1) is 12.0. The fourth-order valence-corrected chi connectivity index (χ4v) is 3.78. The summed E-state index contributed by atoms with van der Waals surface area (Å²) < 4.78 is 0. The summed E-state index contributed by atoms with van der Waals surface area (Å²) in [7, 11) is 0. The van der Waals surface area contributed by atoms with Gasteiger partial charge in [-0.05, 0) is 37.0 Å². The SMILES string of the molecule is O=C1CCC(c2ccc(NC(=O)C3(C(=O)O)CCCCCC3)cc2)N1. The Morgan fingerprint density at radius 3 is 2.24 bits per heavy atom. The second-order valence-electron chi connectivity index (χ2n) is 7.04. The van der Waals surface area contributed by atoms with Crippen LogP contribution in [0.4, 0.5) is 5.69 Å². The van der Waals surface area contributed by atoms with Crippen molar-refractivity contribution in [3.63, 3.8) is 0 Å². The lowest BCUT2D eigenvalue weighted by atomic mass is 9.79. The van der Waals surface area contributed by atoms with E-state index in [0.29, 0.717) is 24.9 Å². The number of anilines is 1. The fourth-order valence-electron chi connectivity index (χ4n) is 3.78. The number of benzene rings is 1. The second kappa shape index (κ2) is 7.25. The Morgan fingerprint density at radius 1 is 1.08 bits per heavy atom. The molecule has 6 heteroatoms. The molecule has 134 valence electrons. The zero-order valence-corrected chi connectivity index (χ0v) is 14.2. The number of hydrogen-bond donors (Lipinski definition) is 3. The molecule has 0 radical (unpaired) electrons. The van der Waals surface area contributed by atoms with E-state index in [9.17, 15) is 19.5 Å². The van der Waals surface area contributed by atoms with Crippen LogP contribution in [0.15, 0.2) is 24.3 Å². The average molecular weight is 344 g/mol. The molecule has 2 amide bonds. The third-order valence-electron chi connectivity index (χ3n) is 5.37. The molecule has 1 heterocycles. The van der Waals surface area contributed by atoms with Gasteiger partial charge in [0.2, 0.25) is 11.8 Å². The molecular formula is C19H24N2O4. The number of carboxylic acid groups (broad SMARTS) is 1. The molecule has 2 fully saturated rings. The quantitative estimate of drug-likeness (QED) is 0.578. The van der Waals surface area contributed by atoms with Crippen molar-refractivity contribution in [1.82, 2.24) is 5.32 Å². The van der Waals surface area contributed by atoms with E-state index in [1.807, 2.05) is 12.1 Å². The van der Waals surface area contributed by atoms with Gasteiger partial charge in [-0.25, -0.2) is 0 Å². The van der Waals surface area contributed by atoms with Crippen LogP contribution in [0.25, 0.3) is 0 Å². The van der Waals surface area contributed by atoms with Gasteiger partial charge in [-0.3, -0.25) is 14.4 Å². The number of aliphatic carboxylic acids is 1. The minimum atomic E-state index is -1.32. The van der Waals surface area contributed by atoms with Gasteiger partial charge in [0.15, 0.2) is 0 Å². The summed E-state index contributed by atoms with van der Waals surface area (Å²) in [6.45, 7) is 0. The topological polar surface area (TPSA) is 95.5 Å². The summed E-state index contributed by atoms with van der Waals surface area (Å²) in [5, 5.41) is 15.4. The fraction of sp³-hybridized carbons (Fsp3) is 0.526. The maximum atomic E-state index is 12.7. The molecule has 1 aliphatic heterocycles. The molecule has 25 heavy (non-hydrogen) atoms. The highest BCUT2D eigenvalue weighted by Crippen LogP contribution is 2.36. The van der Waals surface area contributed by atoms with E-state index in [4.69, 9.17) is 0 Å². The largest absolute Gasteiger partial charge is 0.480 e. The van der Waals surface area contributed by atoms with Crippen molar-refractivity contribution < 1.29 is 19.5 Å². The first-order valence-electron chi connectivity index (χ1n) is 8.95. The predicted molar refractivity (Wildman–Crippen MR) is 93.0 cm³/mol. The van der Waals surface area contributed by atoms with E-state index < -0.39 is 17.3 Å². The van der Waals surface area contributed by atoms with Crippen molar-refractivity contribution >= 4 is 23.5 Å². The van der Waals surface area contributed by atoms with Gasteiger partial charge in [0, 0.05) is 12.1 Å². The molecule has 0 bridgehead atoms. The third-order valence-corrected chi connectivity index (χ3v) is 5.37. The lowest BCUT2D eigenvalue weighted by Crippen LogP contribution is -2.42. The minimum absolute atomic E-state index is 0.0180. The molecule has 1 aliphatic carbocycles. The highest BCUT2D eigenvalue weighted by atomic mass is 16.4. The van der Waals surface area contributed by atoms with Crippen LogP contribution in [0.3, 0.4) is 0 Å². The molecule has 1 saturated heterocycles. The first-order valence-corrected chi connectivity index (χ1v) is 8.95. The van der Waals surface area contributed by atoms with E-state index >= 15 is 0 Å². The van der Waals surface area contributed by atoms with Gasteiger partial charge in [-0.2, -0.15) is 0 Å². The van der Waals surface area contributed by atoms with Crippen LogP contribution in [0, 0.1) is 5.41 Å². The Kier molecular flexibility index (Phi) is 5.06. The van der Waals surface area contributed by atoms with Crippen molar-refractivity contribution in [2.24, 2.45) is 5.41 Å². The van der Waals surface area contributed by atoms with Crippen molar-refractivity contribution in [2.45, 2.75) is 57.4 Å². The molecule has 1 atom stereocenters. The van der Waals surface area contributed by atoms with Crippen molar-refractivity contribution in [1.29, 1.82) is 0 Å². The van der Waals surface area contributed by atoms with E-state index in [-0.39, 0.29) is 11.9 Å². The van der Waals surface area contributed by atoms with E-state index in [0.717, 1.165) is 37.7 Å². The number of rotatable bonds is 4. The Morgan fingerprint density at radius 2 is 1.72 bits per heavy atom. The van der Waals surface area contributed by atoms with Crippen LogP contribution in [-0.4, -0.2) is 22.9 Å². The van der Waals surface area contributed by atoms with Crippen LogP contribution in [-0.2, 0) is 14.4 Å². The van der Waals surface area contributed by atoms with Crippen LogP contribution < -0.4 is 10.6 Å². The Hall–Kier alpha value is -2.37. The summed E-state index contributed by atoms with van der Waals surface area (Å²) in [5.41, 5.74) is 0.253. The highest BCUT2D eigenvalue weighted by Gasteiger charge is 2.45. The van der Waals surface area contributed by atoms with Crippen molar-refractivity contribution in [3.8, 4) is 0 Å². The number of carbonyl (C=O) groups excluding carboxylic acids is 2. The maximum Gasteiger partial charge on any atom is 0.319 e. The molecule has 3 N–H and O–H groups in total. The van der Waals surface area contributed by atoms with E-state index in [2.05, 4.69) is 10.6 Å². The van der Waals surface area contributed by atoms with Gasteiger partial charge in [-0.15, -0.1) is 0 Å². The summed E-state index contributed by atoms with van der Waals surface area (Å²) in [6, 6.07) is 7.29. The maximum absolute atomic E-state index is 12.7. The second-order valence-corrected chi connectivity index (χ2v) is 7.04. The van der Waals surface area contributed by atoms with Gasteiger partial charge in [-0.1, -0.05) is 37.8 Å². The normalized spacial score (nSPS) is 22.7. The Labute approximate surface area is 147 Å².